The molecule has 0 saturated heterocycles. The number of H-pyrrole nitrogens is 1. The molecule has 1 heterocycles. The van der Waals surface area contributed by atoms with E-state index >= 15 is 0 Å². The summed E-state index contributed by atoms with van der Waals surface area (Å²) in [6.07, 6.45) is 2.50. The fourth-order valence-electron chi connectivity index (χ4n) is 1.08. The van der Waals surface area contributed by atoms with Gasteiger partial charge in [-0.25, -0.2) is 4.98 Å². The Kier molecular flexibility index (Phi) is 3.56. The molecule has 1 aromatic rings. The van der Waals surface area contributed by atoms with Crippen LogP contribution < -0.4 is 0 Å². The smallest absolute Gasteiger partial charge is 0.150 e. The van der Waals surface area contributed by atoms with Gasteiger partial charge in [-0.3, -0.25) is 0 Å². The van der Waals surface area contributed by atoms with E-state index in [0.717, 1.165) is 24.4 Å². The number of aliphatic hydroxyl groups is 1. The van der Waals surface area contributed by atoms with E-state index in [2.05, 4.69) is 16.9 Å². The summed E-state index contributed by atoms with van der Waals surface area (Å²) in [5.41, 5.74) is 0.975. The van der Waals surface area contributed by atoms with Crippen molar-refractivity contribution in [2.24, 2.45) is 0 Å². The van der Waals surface area contributed by atoms with Crippen LogP contribution in [-0.4, -0.2) is 21.7 Å². The van der Waals surface area contributed by atoms with Gasteiger partial charge in [-0.15, -0.1) is 0 Å². The van der Waals surface area contributed by atoms with Gasteiger partial charge in [-0.2, -0.15) is 0 Å². The lowest BCUT2D eigenvalue weighted by atomic mass is 10.3. The molecule has 3 nitrogen and oxygen atoms in total. The molecule has 0 aromatic carbocycles. The third kappa shape index (κ3) is 2.22. The number of aromatic amines is 1. The van der Waals surface area contributed by atoms with E-state index in [1.807, 2.05) is 0 Å². The molecule has 0 aliphatic heterocycles. The first-order chi connectivity index (χ1) is 5.77. The third-order valence-electron chi connectivity index (χ3n) is 1.63. The Morgan fingerprint density at radius 2 is 2.25 bits per heavy atom. The Morgan fingerprint density at radius 1 is 1.50 bits per heavy atom. The van der Waals surface area contributed by atoms with Crippen LogP contribution in [0.1, 0.15) is 24.9 Å². The summed E-state index contributed by atoms with van der Waals surface area (Å²) >= 11 is 5.84. The molecule has 0 bridgehead atoms. The van der Waals surface area contributed by atoms with E-state index in [1.165, 1.54) is 0 Å². The van der Waals surface area contributed by atoms with Crippen molar-refractivity contribution >= 4 is 11.6 Å². The van der Waals surface area contributed by atoms with Crippen molar-refractivity contribution in [1.82, 2.24) is 9.97 Å². The molecule has 0 atom stereocenters. The number of imidazole rings is 1. The Labute approximate surface area is 76.8 Å². The van der Waals surface area contributed by atoms with Crippen LogP contribution in [0, 0.1) is 0 Å². The molecule has 4 heteroatoms. The number of hydrogen-bond acceptors (Lipinski definition) is 2. The van der Waals surface area contributed by atoms with Gasteiger partial charge >= 0.3 is 0 Å². The highest BCUT2D eigenvalue weighted by molar-refractivity contribution is 6.30. The van der Waals surface area contributed by atoms with Crippen molar-refractivity contribution in [3.63, 3.8) is 0 Å². The summed E-state index contributed by atoms with van der Waals surface area (Å²) < 4.78 is 0. The standard InChI is InChI=1S/C8H13ClN2O/c1-2-3-6-8(9)11-7(10-6)4-5-12/h12H,2-5H2,1H3,(H,10,11). The summed E-state index contributed by atoms with van der Waals surface area (Å²) in [7, 11) is 0. The Morgan fingerprint density at radius 3 is 2.83 bits per heavy atom. The molecular formula is C8H13ClN2O. The summed E-state index contributed by atoms with van der Waals surface area (Å²) in [5.74, 6) is 0.769. The Hall–Kier alpha value is -0.540. The summed E-state index contributed by atoms with van der Waals surface area (Å²) in [6, 6.07) is 0. The molecular weight excluding hydrogens is 176 g/mol. The van der Waals surface area contributed by atoms with E-state index in [1.54, 1.807) is 0 Å². The first-order valence-electron chi connectivity index (χ1n) is 4.12. The molecule has 68 valence electrons. The minimum absolute atomic E-state index is 0.107. The van der Waals surface area contributed by atoms with Gasteiger partial charge in [0, 0.05) is 6.42 Å². The molecule has 0 fully saturated rings. The lowest BCUT2D eigenvalue weighted by Gasteiger charge is -1.91. The van der Waals surface area contributed by atoms with Gasteiger partial charge in [-0.1, -0.05) is 24.9 Å². The lowest BCUT2D eigenvalue weighted by Crippen LogP contribution is -1.93. The number of aliphatic hydroxyl groups excluding tert-OH is 1. The van der Waals surface area contributed by atoms with E-state index in [0.29, 0.717) is 11.6 Å². The number of aryl methyl sites for hydroxylation is 1. The Bertz CT molecular complexity index is 247. The molecule has 0 radical (unpaired) electrons. The predicted molar refractivity (Wildman–Crippen MR) is 48.4 cm³/mol. The minimum Gasteiger partial charge on any atom is -0.396 e. The zero-order valence-corrected chi connectivity index (χ0v) is 7.86. The maximum Gasteiger partial charge on any atom is 0.150 e. The van der Waals surface area contributed by atoms with Crippen LogP contribution in [0.15, 0.2) is 0 Å². The lowest BCUT2D eigenvalue weighted by molar-refractivity contribution is 0.297. The van der Waals surface area contributed by atoms with Gasteiger partial charge in [0.1, 0.15) is 11.0 Å². The monoisotopic (exact) mass is 188 g/mol. The van der Waals surface area contributed by atoms with Crippen molar-refractivity contribution in [3.8, 4) is 0 Å². The molecule has 0 amide bonds. The minimum atomic E-state index is 0.107. The van der Waals surface area contributed by atoms with Crippen LogP contribution in [0.25, 0.3) is 0 Å². The fourth-order valence-corrected chi connectivity index (χ4v) is 1.32. The Balaban J connectivity index is 2.70. The van der Waals surface area contributed by atoms with Crippen molar-refractivity contribution in [2.45, 2.75) is 26.2 Å². The maximum absolute atomic E-state index is 8.65. The van der Waals surface area contributed by atoms with Crippen molar-refractivity contribution in [1.29, 1.82) is 0 Å². The number of rotatable bonds is 4. The van der Waals surface area contributed by atoms with Crippen molar-refractivity contribution in [3.05, 3.63) is 16.7 Å². The van der Waals surface area contributed by atoms with Crippen LogP contribution >= 0.6 is 11.6 Å². The van der Waals surface area contributed by atoms with Crippen molar-refractivity contribution < 1.29 is 5.11 Å². The second kappa shape index (κ2) is 4.48. The van der Waals surface area contributed by atoms with E-state index in [4.69, 9.17) is 16.7 Å². The molecule has 0 aliphatic carbocycles. The van der Waals surface area contributed by atoms with Crippen molar-refractivity contribution in [2.75, 3.05) is 6.61 Å². The third-order valence-corrected chi connectivity index (χ3v) is 1.94. The number of nitrogens with zero attached hydrogens (tertiary/aromatic N) is 1. The zero-order chi connectivity index (χ0) is 8.97. The maximum atomic E-state index is 8.65. The molecule has 12 heavy (non-hydrogen) atoms. The van der Waals surface area contributed by atoms with Gasteiger partial charge < -0.3 is 10.1 Å². The quantitative estimate of drug-likeness (QED) is 0.754. The normalized spacial score (nSPS) is 10.6. The SMILES string of the molecule is CCCc1[nH]c(CCO)nc1Cl. The first kappa shape index (κ1) is 9.55. The summed E-state index contributed by atoms with van der Waals surface area (Å²) in [6.45, 7) is 2.19. The molecule has 1 aromatic heterocycles. The van der Waals surface area contributed by atoms with E-state index < -0.39 is 0 Å². The van der Waals surface area contributed by atoms with Crippen LogP contribution in [0.3, 0.4) is 0 Å². The topological polar surface area (TPSA) is 48.9 Å². The number of hydrogen-bond donors (Lipinski definition) is 2. The molecule has 0 saturated carbocycles. The number of halogens is 1. The molecule has 1 rings (SSSR count). The van der Waals surface area contributed by atoms with Gasteiger partial charge in [0.25, 0.3) is 0 Å². The molecule has 0 spiro atoms. The van der Waals surface area contributed by atoms with Gasteiger partial charge in [0.05, 0.1) is 12.3 Å². The molecule has 2 N–H and O–H groups in total. The van der Waals surface area contributed by atoms with Gasteiger partial charge in [-0.05, 0) is 6.42 Å². The zero-order valence-electron chi connectivity index (χ0n) is 7.10. The van der Waals surface area contributed by atoms with E-state index in [9.17, 15) is 0 Å². The highest BCUT2D eigenvalue weighted by Gasteiger charge is 2.05. The first-order valence-corrected chi connectivity index (χ1v) is 4.49. The highest BCUT2D eigenvalue weighted by atomic mass is 35.5. The second-order valence-corrected chi connectivity index (χ2v) is 3.03. The largest absolute Gasteiger partial charge is 0.396 e. The van der Waals surface area contributed by atoms with Gasteiger partial charge in [0.2, 0.25) is 0 Å². The number of nitrogens with one attached hydrogen (secondary N) is 1. The summed E-state index contributed by atoms with van der Waals surface area (Å²) in [5, 5.41) is 9.19. The highest BCUT2D eigenvalue weighted by Crippen LogP contribution is 2.14. The van der Waals surface area contributed by atoms with Crippen LogP contribution in [0.5, 0.6) is 0 Å². The average Bonchev–Trinajstić information content (AvgIpc) is 2.34. The number of aromatic nitrogens is 2. The van der Waals surface area contributed by atoms with Gasteiger partial charge in [0.15, 0.2) is 0 Å². The molecule has 0 aliphatic rings. The van der Waals surface area contributed by atoms with Crippen LogP contribution in [0.2, 0.25) is 5.15 Å². The second-order valence-electron chi connectivity index (χ2n) is 2.68. The van der Waals surface area contributed by atoms with E-state index in [-0.39, 0.29) is 6.61 Å². The summed E-state index contributed by atoms with van der Waals surface area (Å²) in [4.78, 5) is 7.15. The fraction of sp³-hybridized carbons (Fsp3) is 0.625. The predicted octanol–water partition coefficient (Wildman–Crippen LogP) is 1.55. The van der Waals surface area contributed by atoms with Crippen LogP contribution in [0.4, 0.5) is 0 Å². The average molecular weight is 189 g/mol. The molecule has 0 unspecified atom stereocenters. The van der Waals surface area contributed by atoms with Crippen LogP contribution in [-0.2, 0) is 12.8 Å².